The van der Waals surface area contributed by atoms with Crippen LogP contribution in [0.15, 0.2) is 12.1 Å². The van der Waals surface area contributed by atoms with Gasteiger partial charge in [-0.25, -0.2) is 0 Å². The van der Waals surface area contributed by atoms with Gasteiger partial charge in [-0.2, -0.15) is 0 Å². The fourth-order valence-corrected chi connectivity index (χ4v) is 3.18. The van der Waals surface area contributed by atoms with Crippen molar-refractivity contribution in [3.05, 3.63) is 29.0 Å². The maximum atomic E-state index is 5.41. The zero-order valence-corrected chi connectivity index (χ0v) is 12.0. The van der Waals surface area contributed by atoms with Crippen LogP contribution in [0.4, 0.5) is 0 Å². The number of rotatable bonds is 3. The smallest absolute Gasteiger partial charge is 0.119 e. The Labute approximate surface area is 114 Å². The van der Waals surface area contributed by atoms with Gasteiger partial charge in [-0.05, 0) is 62.9 Å². The predicted octanol–water partition coefficient (Wildman–Crippen LogP) is 3.09. The largest absolute Gasteiger partial charge is 0.497 e. The molecule has 1 aromatic heterocycles. The Bertz CT molecular complexity index is 594. The Kier molecular flexibility index (Phi) is 3.23. The summed E-state index contributed by atoms with van der Waals surface area (Å²) in [5, 5.41) is 4.91. The van der Waals surface area contributed by atoms with E-state index in [1.807, 2.05) is 0 Å². The molecule has 1 aromatic carbocycles. The number of aromatic amines is 1. The molecule has 0 bridgehead atoms. The molecule has 2 heterocycles. The Balaban J connectivity index is 2.06. The van der Waals surface area contributed by atoms with Crippen molar-refractivity contribution in [1.82, 2.24) is 10.3 Å². The van der Waals surface area contributed by atoms with E-state index in [1.165, 1.54) is 40.6 Å². The van der Waals surface area contributed by atoms with Gasteiger partial charge < -0.3 is 15.0 Å². The van der Waals surface area contributed by atoms with Crippen molar-refractivity contribution in [2.24, 2.45) is 0 Å². The molecule has 0 aliphatic carbocycles. The molecule has 0 spiro atoms. The third kappa shape index (κ3) is 2.23. The molecule has 1 unspecified atom stereocenters. The Morgan fingerprint density at radius 3 is 2.84 bits per heavy atom. The minimum atomic E-state index is 0.629. The van der Waals surface area contributed by atoms with Gasteiger partial charge in [0.15, 0.2) is 0 Å². The number of aromatic nitrogens is 1. The topological polar surface area (TPSA) is 37.0 Å². The second-order valence-electron chi connectivity index (χ2n) is 5.59. The molecular formula is C16H22N2O. The molecule has 3 rings (SSSR count). The van der Waals surface area contributed by atoms with Crippen LogP contribution in [0.2, 0.25) is 0 Å². The number of fused-ring (bicyclic) bond motifs is 1. The van der Waals surface area contributed by atoms with Gasteiger partial charge in [0, 0.05) is 22.6 Å². The number of aryl methyl sites for hydroxylation is 2. The SMILES string of the molecule is COc1cc(C)c2[nH]c(C)c(CC3CCCN3)c2c1. The van der Waals surface area contributed by atoms with Crippen molar-refractivity contribution in [2.75, 3.05) is 13.7 Å². The van der Waals surface area contributed by atoms with E-state index in [-0.39, 0.29) is 0 Å². The van der Waals surface area contributed by atoms with E-state index < -0.39 is 0 Å². The summed E-state index contributed by atoms with van der Waals surface area (Å²) < 4.78 is 5.41. The molecule has 3 heteroatoms. The van der Waals surface area contributed by atoms with Gasteiger partial charge in [0.05, 0.1) is 7.11 Å². The molecule has 0 amide bonds. The van der Waals surface area contributed by atoms with Crippen LogP contribution in [-0.4, -0.2) is 24.7 Å². The number of hydrogen-bond donors (Lipinski definition) is 2. The number of methoxy groups -OCH3 is 1. The number of benzene rings is 1. The average molecular weight is 258 g/mol. The van der Waals surface area contributed by atoms with Gasteiger partial charge in [-0.15, -0.1) is 0 Å². The van der Waals surface area contributed by atoms with Crippen LogP contribution >= 0.6 is 0 Å². The summed E-state index contributed by atoms with van der Waals surface area (Å²) in [5.41, 5.74) is 5.24. The van der Waals surface area contributed by atoms with Gasteiger partial charge in [0.2, 0.25) is 0 Å². The van der Waals surface area contributed by atoms with Crippen LogP contribution < -0.4 is 10.1 Å². The number of nitrogens with one attached hydrogen (secondary N) is 2. The third-order valence-corrected chi connectivity index (χ3v) is 4.25. The minimum absolute atomic E-state index is 0.629. The third-order valence-electron chi connectivity index (χ3n) is 4.25. The lowest BCUT2D eigenvalue weighted by Gasteiger charge is -2.11. The second kappa shape index (κ2) is 4.89. The van der Waals surface area contributed by atoms with Crippen molar-refractivity contribution in [1.29, 1.82) is 0 Å². The maximum Gasteiger partial charge on any atom is 0.119 e. The van der Waals surface area contributed by atoms with Crippen LogP contribution in [0.25, 0.3) is 10.9 Å². The predicted molar refractivity (Wildman–Crippen MR) is 79.1 cm³/mol. The molecule has 1 saturated heterocycles. The van der Waals surface area contributed by atoms with E-state index >= 15 is 0 Å². The Morgan fingerprint density at radius 2 is 2.16 bits per heavy atom. The Hall–Kier alpha value is -1.48. The Morgan fingerprint density at radius 1 is 1.32 bits per heavy atom. The van der Waals surface area contributed by atoms with Crippen LogP contribution in [0, 0.1) is 13.8 Å². The highest BCUT2D eigenvalue weighted by Crippen LogP contribution is 2.30. The van der Waals surface area contributed by atoms with E-state index in [1.54, 1.807) is 7.11 Å². The molecule has 3 nitrogen and oxygen atoms in total. The highest BCUT2D eigenvalue weighted by atomic mass is 16.5. The van der Waals surface area contributed by atoms with Gasteiger partial charge in [-0.1, -0.05) is 0 Å². The van der Waals surface area contributed by atoms with E-state index in [0.29, 0.717) is 6.04 Å². The summed E-state index contributed by atoms with van der Waals surface area (Å²) in [6.07, 6.45) is 3.70. The summed E-state index contributed by atoms with van der Waals surface area (Å²) in [5.74, 6) is 0.949. The van der Waals surface area contributed by atoms with Gasteiger partial charge in [0.1, 0.15) is 5.75 Å². The first-order chi connectivity index (χ1) is 9.19. The summed E-state index contributed by atoms with van der Waals surface area (Å²) in [6.45, 7) is 5.48. The minimum Gasteiger partial charge on any atom is -0.497 e. The first-order valence-corrected chi connectivity index (χ1v) is 7.08. The lowest BCUT2D eigenvalue weighted by Crippen LogP contribution is -2.23. The van der Waals surface area contributed by atoms with Crippen LogP contribution in [-0.2, 0) is 6.42 Å². The molecule has 1 aliphatic heterocycles. The molecule has 1 fully saturated rings. The molecule has 1 aliphatic rings. The van der Waals surface area contributed by atoms with E-state index in [2.05, 4.69) is 36.3 Å². The molecule has 2 aromatic rings. The standard InChI is InChI=1S/C16H22N2O/c1-10-7-13(19-3)9-15-14(11(2)18-16(10)15)8-12-5-4-6-17-12/h7,9,12,17-18H,4-6,8H2,1-3H3. The zero-order valence-electron chi connectivity index (χ0n) is 12.0. The first kappa shape index (κ1) is 12.5. The summed E-state index contributed by atoms with van der Waals surface area (Å²) in [6, 6.07) is 4.88. The van der Waals surface area contributed by atoms with Crippen LogP contribution in [0.1, 0.15) is 29.7 Å². The van der Waals surface area contributed by atoms with Crippen LogP contribution in [0.5, 0.6) is 5.75 Å². The molecule has 19 heavy (non-hydrogen) atoms. The van der Waals surface area contributed by atoms with Crippen molar-refractivity contribution in [2.45, 2.75) is 39.2 Å². The van der Waals surface area contributed by atoms with Gasteiger partial charge in [0.25, 0.3) is 0 Å². The van der Waals surface area contributed by atoms with Gasteiger partial charge >= 0.3 is 0 Å². The zero-order chi connectivity index (χ0) is 13.4. The van der Waals surface area contributed by atoms with E-state index in [9.17, 15) is 0 Å². The molecule has 2 N–H and O–H groups in total. The lowest BCUT2D eigenvalue weighted by atomic mass is 10.0. The van der Waals surface area contributed by atoms with Crippen molar-refractivity contribution >= 4 is 10.9 Å². The molecular weight excluding hydrogens is 236 g/mol. The van der Waals surface area contributed by atoms with Crippen molar-refractivity contribution in [3.8, 4) is 5.75 Å². The molecule has 0 saturated carbocycles. The van der Waals surface area contributed by atoms with Gasteiger partial charge in [-0.3, -0.25) is 0 Å². The highest BCUT2D eigenvalue weighted by Gasteiger charge is 2.19. The average Bonchev–Trinajstić information content (AvgIpc) is 3.00. The molecule has 0 radical (unpaired) electrons. The first-order valence-electron chi connectivity index (χ1n) is 7.08. The van der Waals surface area contributed by atoms with E-state index in [0.717, 1.165) is 18.7 Å². The second-order valence-corrected chi connectivity index (χ2v) is 5.59. The lowest BCUT2D eigenvalue weighted by molar-refractivity contribution is 0.415. The highest BCUT2D eigenvalue weighted by molar-refractivity contribution is 5.88. The fourth-order valence-electron chi connectivity index (χ4n) is 3.18. The monoisotopic (exact) mass is 258 g/mol. The quantitative estimate of drug-likeness (QED) is 0.887. The number of H-pyrrole nitrogens is 1. The molecule has 102 valence electrons. The van der Waals surface area contributed by atoms with E-state index in [4.69, 9.17) is 4.74 Å². The summed E-state index contributed by atoms with van der Waals surface area (Å²) >= 11 is 0. The van der Waals surface area contributed by atoms with Crippen molar-refractivity contribution < 1.29 is 4.74 Å². The summed E-state index contributed by atoms with van der Waals surface area (Å²) in [7, 11) is 1.73. The fraction of sp³-hybridized carbons (Fsp3) is 0.500. The normalized spacial score (nSPS) is 19.2. The number of hydrogen-bond acceptors (Lipinski definition) is 2. The summed E-state index contributed by atoms with van der Waals surface area (Å²) in [4.78, 5) is 3.54. The van der Waals surface area contributed by atoms with Crippen molar-refractivity contribution in [3.63, 3.8) is 0 Å². The maximum absolute atomic E-state index is 5.41. The van der Waals surface area contributed by atoms with Crippen LogP contribution in [0.3, 0.4) is 0 Å². The molecule has 1 atom stereocenters. The number of ether oxygens (including phenoxy) is 1.